The number of alkyl halides is 3. The molecule has 1 aromatic rings. The first kappa shape index (κ1) is 20.6. The summed E-state index contributed by atoms with van der Waals surface area (Å²) in [5.74, 6) is -0.187. The molecule has 0 saturated carbocycles. The Kier molecular flexibility index (Phi) is 6.27. The quantitative estimate of drug-likeness (QED) is 0.831. The summed E-state index contributed by atoms with van der Waals surface area (Å²) in [6.45, 7) is 2.61. The lowest BCUT2D eigenvalue weighted by Crippen LogP contribution is -2.45. The van der Waals surface area contributed by atoms with Crippen molar-refractivity contribution >= 4 is 11.8 Å². The molecule has 1 N–H and O–H groups in total. The number of benzene rings is 1. The van der Waals surface area contributed by atoms with Gasteiger partial charge in [0.15, 0.2) is 0 Å². The maximum absolute atomic E-state index is 12.9. The number of rotatable bonds is 5. The fourth-order valence-corrected chi connectivity index (χ4v) is 4.14. The number of hydrogen-bond donors (Lipinski definition) is 1. The van der Waals surface area contributed by atoms with Crippen LogP contribution in [0.25, 0.3) is 0 Å². The van der Waals surface area contributed by atoms with Gasteiger partial charge in [-0.2, -0.15) is 13.2 Å². The van der Waals surface area contributed by atoms with Crippen LogP contribution >= 0.6 is 0 Å². The van der Waals surface area contributed by atoms with Crippen molar-refractivity contribution in [2.75, 3.05) is 33.2 Å². The molecule has 0 aliphatic carbocycles. The molecule has 154 valence electrons. The number of carbonyl (C=O) groups excluding carboxylic acids is 2. The molecule has 2 aliphatic rings. The van der Waals surface area contributed by atoms with Crippen molar-refractivity contribution in [2.24, 2.45) is 11.8 Å². The van der Waals surface area contributed by atoms with Crippen LogP contribution in [-0.4, -0.2) is 54.8 Å². The third-order valence-electron chi connectivity index (χ3n) is 5.51. The van der Waals surface area contributed by atoms with E-state index in [9.17, 15) is 22.8 Å². The molecule has 5 nitrogen and oxygen atoms in total. The van der Waals surface area contributed by atoms with Crippen LogP contribution in [0.15, 0.2) is 24.3 Å². The highest BCUT2D eigenvalue weighted by Gasteiger charge is 2.38. The number of piperidine rings is 1. The Balaban J connectivity index is 1.61. The Labute approximate surface area is 162 Å². The summed E-state index contributed by atoms with van der Waals surface area (Å²) in [7, 11) is 1.89. The number of nitrogens with zero attached hydrogens (tertiary/aromatic N) is 2. The second kappa shape index (κ2) is 8.51. The van der Waals surface area contributed by atoms with Gasteiger partial charge in [-0.3, -0.25) is 9.59 Å². The van der Waals surface area contributed by atoms with Crippen LogP contribution in [-0.2, 0) is 22.3 Å². The molecule has 2 amide bonds. The Morgan fingerprint density at radius 1 is 1.29 bits per heavy atom. The molecule has 28 heavy (non-hydrogen) atoms. The molecule has 2 saturated heterocycles. The van der Waals surface area contributed by atoms with Crippen molar-refractivity contribution in [3.63, 3.8) is 0 Å². The van der Waals surface area contributed by atoms with Crippen molar-refractivity contribution < 1.29 is 22.8 Å². The van der Waals surface area contributed by atoms with Gasteiger partial charge in [0.25, 0.3) is 0 Å². The number of amides is 2. The zero-order valence-corrected chi connectivity index (χ0v) is 16.0. The highest BCUT2D eigenvalue weighted by Crippen LogP contribution is 2.30. The number of hydrogen-bond acceptors (Lipinski definition) is 3. The summed E-state index contributed by atoms with van der Waals surface area (Å²) >= 11 is 0. The molecule has 0 bridgehead atoms. The number of likely N-dealkylation sites (tertiary alicyclic amines) is 2. The monoisotopic (exact) mass is 397 g/mol. The minimum Gasteiger partial charge on any atom is -0.342 e. The van der Waals surface area contributed by atoms with Crippen molar-refractivity contribution in [3.8, 4) is 0 Å². The zero-order valence-electron chi connectivity index (χ0n) is 16.0. The highest BCUT2D eigenvalue weighted by molar-refractivity contribution is 5.89. The van der Waals surface area contributed by atoms with Gasteiger partial charge in [0.1, 0.15) is 0 Å². The Hall–Kier alpha value is -2.09. The van der Waals surface area contributed by atoms with Crippen molar-refractivity contribution in [2.45, 2.75) is 32.0 Å². The van der Waals surface area contributed by atoms with Crippen molar-refractivity contribution in [1.82, 2.24) is 15.1 Å². The summed E-state index contributed by atoms with van der Waals surface area (Å²) in [5.41, 5.74) is -0.309. The summed E-state index contributed by atoms with van der Waals surface area (Å²) in [5, 5.41) is 3.14. The third-order valence-corrected chi connectivity index (χ3v) is 5.51. The van der Waals surface area contributed by atoms with Gasteiger partial charge < -0.3 is 15.1 Å². The first-order valence-electron chi connectivity index (χ1n) is 9.65. The summed E-state index contributed by atoms with van der Waals surface area (Å²) < 4.78 is 38.6. The first-order chi connectivity index (χ1) is 13.3. The van der Waals surface area contributed by atoms with Gasteiger partial charge in [-0.05, 0) is 50.0 Å². The van der Waals surface area contributed by atoms with Gasteiger partial charge >= 0.3 is 6.18 Å². The van der Waals surface area contributed by atoms with E-state index < -0.39 is 17.7 Å². The summed E-state index contributed by atoms with van der Waals surface area (Å²) in [4.78, 5) is 28.5. The molecule has 8 heteroatoms. The predicted octanol–water partition coefficient (Wildman–Crippen LogP) is 2.51. The van der Waals surface area contributed by atoms with Crippen LogP contribution in [0.5, 0.6) is 0 Å². The molecule has 2 heterocycles. The molecule has 2 fully saturated rings. The largest absolute Gasteiger partial charge is 0.416 e. The van der Waals surface area contributed by atoms with E-state index in [4.69, 9.17) is 0 Å². The number of nitrogens with one attached hydrogen (secondary N) is 1. The lowest BCUT2D eigenvalue weighted by atomic mass is 9.96. The Bertz CT molecular complexity index is 721. The van der Waals surface area contributed by atoms with Crippen LogP contribution in [0, 0.1) is 11.8 Å². The lowest BCUT2D eigenvalue weighted by molar-refractivity contribution is -0.138. The standard InChI is InChI=1S/C20H26F3N3O2/c1-24-10-15-5-3-7-25(12-15)19(28)16-9-18(27)26(13-16)11-14-4-2-6-17(8-14)20(21,22)23/h2,4,6,8,15-16,24H,3,5,7,9-13H2,1H3. The molecule has 0 spiro atoms. The number of halogens is 3. The average molecular weight is 397 g/mol. The summed E-state index contributed by atoms with van der Waals surface area (Å²) in [6, 6.07) is 5.00. The van der Waals surface area contributed by atoms with E-state index in [1.165, 1.54) is 11.0 Å². The molecule has 1 aromatic carbocycles. The maximum Gasteiger partial charge on any atom is 0.416 e. The highest BCUT2D eigenvalue weighted by atomic mass is 19.4. The molecular formula is C20H26F3N3O2. The van der Waals surface area contributed by atoms with Gasteiger partial charge in [-0.15, -0.1) is 0 Å². The molecule has 0 aromatic heterocycles. The predicted molar refractivity (Wildman–Crippen MR) is 98.2 cm³/mol. The smallest absolute Gasteiger partial charge is 0.342 e. The van der Waals surface area contributed by atoms with Gasteiger partial charge in [0.05, 0.1) is 11.5 Å². The van der Waals surface area contributed by atoms with E-state index in [1.54, 1.807) is 6.07 Å². The fourth-order valence-electron chi connectivity index (χ4n) is 4.14. The molecule has 2 atom stereocenters. The molecule has 0 radical (unpaired) electrons. The normalized spacial score (nSPS) is 23.4. The van der Waals surface area contributed by atoms with E-state index in [2.05, 4.69) is 5.32 Å². The third kappa shape index (κ3) is 4.84. The van der Waals surface area contributed by atoms with Gasteiger partial charge in [-0.25, -0.2) is 0 Å². The molecular weight excluding hydrogens is 371 g/mol. The van der Waals surface area contributed by atoms with Gasteiger partial charge in [-0.1, -0.05) is 12.1 Å². The van der Waals surface area contributed by atoms with Crippen LogP contribution in [0.3, 0.4) is 0 Å². The lowest BCUT2D eigenvalue weighted by Gasteiger charge is -2.34. The Morgan fingerprint density at radius 2 is 2.07 bits per heavy atom. The van der Waals surface area contributed by atoms with E-state index >= 15 is 0 Å². The van der Waals surface area contributed by atoms with E-state index in [-0.39, 0.29) is 31.3 Å². The number of carbonyl (C=O) groups is 2. The second-order valence-electron chi connectivity index (χ2n) is 7.72. The molecule has 3 rings (SSSR count). The average Bonchev–Trinajstić information content (AvgIpc) is 3.02. The van der Waals surface area contributed by atoms with Gasteiger partial charge in [0.2, 0.25) is 11.8 Å². The molecule has 2 unspecified atom stereocenters. The van der Waals surface area contributed by atoms with Crippen molar-refractivity contribution in [1.29, 1.82) is 0 Å². The van der Waals surface area contributed by atoms with Crippen LogP contribution < -0.4 is 5.32 Å². The topological polar surface area (TPSA) is 52.7 Å². The minimum atomic E-state index is -4.42. The summed E-state index contributed by atoms with van der Waals surface area (Å²) in [6.07, 6.45) is -2.25. The molecule has 2 aliphatic heterocycles. The van der Waals surface area contributed by atoms with E-state index in [0.29, 0.717) is 24.6 Å². The minimum absolute atomic E-state index is 0.0132. The van der Waals surface area contributed by atoms with E-state index in [1.807, 2.05) is 11.9 Å². The van der Waals surface area contributed by atoms with Crippen LogP contribution in [0.1, 0.15) is 30.4 Å². The van der Waals surface area contributed by atoms with Crippen LogP contribution in [0.4, 0.5) is 13.2 Å². The first-order valence-corrected chi connectivity index (χ1v) is 9.65. The van der Waals surface area contributed by atoms with Crippen LogP contribution in [0.2, 0.25) is 0 Å². The maximum atomic E-state index is 12.9. The van der Waals surface area contributed by atoms with E-state index in [0.717, 1.165) is 31.5 Å². The Morgan fingerprint density at radius 3 is 2.79 bits per heavy atom. The fraction of sp³-hybridized carbons (Fsp3) is 0.600. The van der Waals surface area contributed by atoms with Gasteiger partial charge in [0, 0.05) is 32.6 Å². The second-order valence-corrected chi connectivity index (χ2v) is 7.72. The SMILES string of the molecule is CNCC1CCCN(C(=O)C2CC(=O)N(Cc3cccc(C(F)(F)F)c3)C2)C1. The van der Waals surface area contributed by atoms with Crippen molar-refractivity contribution in [3.05, 3.63) is 35.4 Å². The zero-order chi connectivity index (χ0) is 20.3.